The third-order valence-corrected chi connectivity index (χ3v) is 3.63. The van der Waals surface area contributed by atoms with E-state index < -0.39 is 0 Å². The fourth-order valence-electron chi connectivity index (χ4n) is 2.24. The summed E-state index contributed by atoms with van der Waals surface area (Å²) in [4.78, 5) is 0. The summed E-state index contributed by atoms with van der Waals surface area (Å²) in [5, 5.41) is 4.39. The zero-order chi connectivity index (χ0) is 15.2. The Bertz CT molecular complexity index is 412. The van der Waals surface area contributed by atoms with Gasteiger partial charge in [-0.25, -0.2) is 0 Å². The predicted molar refractivity (Wildman–Crippen MR) is 87.7 cm³/mol. The van der Waals surface area contributed by atoms with Crippen LogP contribution in [0.1, 0.15) is 58.6 Å². The van der Waals surface area contributed by atoms with Crippen LogP contribution in [0, 0.1) is 5.41 Å². The van der Waals surface area contributed by atoms with Gasteiger partial charge in [-0.2, -0.15) is 0 Å². The summed E-state index contributed by atoms with van der Waals surface area (Å²) in [5.41, 5.74) is 1.50. The number of methoxy groups -OCH3 is 1. The fraction of sp³-hybridized carbons (Fsp3) is 0.647. The van der Waals surface area contributed by atoms with Gasteiger partial charge >= 0.3 is 0 Å². The van der Waals surface area contributed by atoms with Crippen LogP contribution in [-0.4, -0.2) is 13.7 Å². The van der Waals surface area contributed by atoms with Gasteiger partial charge in [-0.15, -0.1) is 0 Å². The number of benzene rings is 1. The summed E-state index contributed by atoms with van der Waals surface area (Å²) in [6, 6.07) is 6.15. The summed E-state index contributed by atoms with van der Waals surface area (Å²) in [6.45, 7) is 10.0. The molecule has 0 aliphatic carbocycles. The molecule has 2 nitrogen and oxygen atoms in total. The van der Waals surface area contributed by atoms with E-state index in [0.29, 0.717) is 11.5 Å². The van der Waals surface area contributed by atoms with Gasteiger partial charge in [0.2, 0.25) is 0 Å². The monoisotopic (exact) mass is 297 g/mol. The van der Waals surface area contributed by atoms with Crippen LogP contribution in [0.4, 0.5) is 0 Å². The Morgan fingerprint density at radius 2 is 2.00 bits per heavy atom. The molecule has 0 amide bonds. The minimum Gasteiger partial charge on any atom is -0.496 e. The Labute approximate surface area is 128 Å². The SMILES string of the molecule is CCCNC(CCC(C)(C)C)c1cc(Cl)ccc1OC. The molecule has 3 heteroatoms. The van der Waals surface area contributed by atoms with E-state index in [-0.39, 0.29) is 0 Å². The lowest BCUT2D eigenvalue weighted by Gasteiger charge is -2.25. The maximum atomic E-state index is 6.16. The predicted octanol–water partition coefficient (Wildman–Crippen LogP) is 5.22. The molecule has 1 aromatic carbocycles. The molecule has 0 saturated carbocycles. The number of hydrogen-bond acceptors (Lipinski definition) is 2. The van der Waals surface area contributed by atoms with E-state index >= 15 is 0 Å². The first-order valence-corrected chi connectivity index (χ1v) is 7.82. The van der Waals surface area contributed by atoms with Gasteiger partial charge in [-0.1, -0.05) is 39.3 Å². The Morgan fingerprint density at radius 1 is 1.30 bits per heavy atom. The Morgan fingerprint density at radius 3 is 2.55 bits per heavy atom. The largest absolute Gasteiger partial charge is 0.496 e. The van der Waals surface area contributed by atoms with E-state index in [1.165, 1.54) is 0 Å². The van der Waals surface area contributed by atoms with Crippen molar-refractivity contribution in [2.45, 2.75) is 53.0 Å². The molecule has 0 bridgehead atoms. The Kier molecular flexibility index (Phi) is 6.84. The molecule has 1 aromatic rings. The van der Waals surface area contributed by atoms with Crippen molar-refractivity contribution in [3.63, 3.8) is 0 Å². The van der Waals surface area contributed by atoms with E-state index in [1.807, 2.05) is 18.2 Å². The number of rotatable bonds is 7. The number of hydrogen-bond donors (Lipinski definition) is 1. The zero-order valence-corrected chi connectivity index (χ0v) is 14.2. The molecule has 0 spiro atoms. The Balaban J connectivity index is 2.94. The highest BCUT2D eigenvalue weighted by Gasteiger charge is 2.19. The molecular formula is C17H28ClNO. The van der Waals surface area contributed by atoms with Gasteiger partial charge in [0, 0.05) is 16.6 Å². The van der Waals surface area contributed by atoms with Gasteiger partial charge in [0.05, 0.1) is 7.11 Å². The minimum absolute atomic E-state index is 0.294. The van der Waals surface area contributed by atoms with Gasteiger partial charge in [-0.05, 0) is 49.4 Å². The van der Waals surface area contributed by atoms with Crippen LogP contribution in [-0.2, 0) is 0 Å². The van der Waals surface area contributed by atoms with E-state index in [4.69, 9.17) is 16.3 Å². The van der Waals surface area contributed by atoms with Gasteiger partial charge < -0.3 is 10.1 Å². The van der Waals surface area contributed by atoms with E-state index in [0.717, 1.165) is 42.1 Å². The molecule has 0 saturated heterocycles. The van der Waals surface area contributed by atoms with Crippen molar-refractivity contribution in [3.8, 4) is 5.75 Å². The number of halogens is 1. The molecule has 1 unspecified atom stereocenters. The maximum absolute atomic E-state index is 6.16. The molecule has 0 aliphatic rings. The molecule has 0 fully saturated rings. The molecule has 114 valence electrons. The van der Waals surface area contributed by atoms with Crippen LogP contribution < -0.4 is 10.1 Å². The van der Waals surface area contributed by atoms with Crippen LogP contribution in [0.15, 0.2) is 18.2 Å². The molecule has 0 heterocycles. The highest BCUT2D eigenvalue weighted by molar-refractivity contribution is 6.30. The average molecular weight is 298 g/mol. The van der Waals surface area contributed by atoms with Crippen LogP contribution in [0.2, 0.25) is 5.02 Å². The second kappa shape index (κ2) is 7.90. The normalized spacial score (nSPS) is 13.3. The molecule has 1 rings (SSSR count). The first kappa shape index (κ1) is 17.3. The van der Waals surface area contributed by atoms with Crippen molar-refractivity contribution in [1.29, 1.82) is 0 Å². The van der Waals surface area contributed by atoms with Crippen LogP contribution in [0.3, 0.4) is 0 Å². The zero-order valence-electron chi connectivity index (χ0n) is 13.4. The van der Waals surface area contributed by atoms with Crippen LogP contribution in [0.25, 0.3) is 0 Å². The van der Waals surface area contributed by atoms with Crippen molar-refractivity contribution < 1.29 is 4.74 Å². The van der Waals surface area contributed by atoms with Gasteiger partial charge in [0.1, 0.15) is 5.75 Å². The smallest absolute Gasteiger partial charge is 0.123 e. The summed E-state index contributed by atoms with van der Waals surface area (Å²) in [6.07, 6.45) is 3.36. The van der Waals surface area contributed by atoms with Crippen LogP contribution in [0.5, 0.6) is 5.75 Å². The lowest BCUT2D eigenvalue weighted by atomic mass is 9.87. The summed E-state index contributed by atoms with van der Waals surface area (Å²) in [5.74, 6) is 0.914. The van der Waals surface area contributed by atoms with E-state index in [1.54, 1.807) is 7.11 Å². The minimum atomic E-state index is 0.294. The Hall–Kier alpha value is -0.730. The highest BCUT2D eigenvalue weighted by Crippen LogP contribution is 2.33. The maximum Gasteiger partial charge on any atom is 0.123 e. The molecule has 0 aliphatic heterocycles. The first-order chi connectivity index (χ1) is 9.37. The van der Waals surface area contributed by atoms with E-state index in [2.05, 4.69) is 33.0 Å². The quantitative estimate of drug-likeness (QED) is 0.745. The molecule has 1 atom stereocenters. The first-order valence-electron chi connectivity index (χ1n) is 7.44. The van der Waals surface area contributed by atoms with Gasteiger partial charge in [0.25, 0.3) is 0 Å². The lowest BCUT2D eigenvalue weighted by Crippen LogP contribution is -2.24. The second-order valence-corrected chi connectivity index (χ2v) is 6.93. The van der Waals surface area contributed by atoms with Crippen molar-refractivity contribution in [2.24, 2.45) is 5.41 Å². The molecule has 1 N–H and O–H groups in total. The number of ether oxygens (including phenoxy) is 1. The summed E-state index contributed by atoms with van der Waals surface area (Å²) in [7, 11) is 1.72. The van der Waals surface area contributed by atoms with Crippen LogP contribution >= 0.6 is 11.6 Å². The third-order valence-electron chi connectivity index (χ3n) is 3.39. The molecule has 0 radical (unpaired) electrons. The third kappa shape index (κ3) is 5.72. The molecular weight excluding hydrogens is 270 g/mol. The summed E-state index contributed by atoms with van der Waals surface area (Å²) < 4.78 is 5.49. The molecule has 20 heavy (non-hydrogen) atoms. The van der Waals surface area contributed by atoms with Gasteiger partial charge in [-0.3, -0.25) is 0 Å². The van der Waals surface area contributed by atoms with Crippen molar-refractivity contribution >= 4 is 11.6 Å². The van der Waals surface area contributed by atoms with Crippen molar-refractivity contribution in [3.05, 3.63) is 28.8 Å². The van der Waals surface area contributed by atoms with E-state index in [9.17, 15) is 0 Å². The average Bonchev–Trinajstić information content (AvgIpc) is 2.37. The topological polar surface area (TPSA) is 21.3 Å². The second-order valence-electron chi connectivity index (χ2n) is 6.49. The highest BCUT2D eigenvalue weighted by atomic mass is 35.5. The molecule has 0 aromatic heterocycles. The summed E-state index contributed by atoms with van der Waals surface area (Å²) >= 11 is 6.16. The number of nitrogens with one attached hydrogen (secondary N) is 1. The fourth-order valence-corrected chi connectivity index (χ4v) is 2.42. The van der Waals surface area contributed by atoms with Crippen molar-refractivity contribution in [1.82, 2.24) is 5.32 Å². The van der Waals surface area contributed by atoms with Gasteiger partial charge in [0.15, 0.2) is 0 Å². The standard InChI is InChI=1S/C17H28ClNO/c1-6-11-19-15(9-10-17(2,3)4)14-12-13(18)7-8-16(14)20-5/h7-8,12,15,19H,6,9-11H2,1-5H3. The van der Waals surface area contributed by atoms with Crippen molar-refractivity contribution in [2.75, 3.05) is 13.7 Å². The lowest BCUT2D eigenvalue weighted by molar-refractivity contribution is 0.326.